The maximum absolute atomic E-state index is 11.0. The van der Waals surface area contributed by atoms with E-state index >= 15 is 0 Å². The number of aromatic nitrogens is 1. The van der Waals surface area contributed by atoms with E-state index in [1.165, 1.54) is 18.3 Å². The zero-order valence-electron chi connectivity index (χ0n) is 10.4. The highest BCUT2D eigenvalue weighted by atomic mass is 16.6. The van der Waals surface area contributed by atoms with Gasteiger partial charge in [-0.2, -0.15) is 0 Å². The number of nitro groups is 1. The van der Waals surface area contributed by atoms with E-state index in [-0.39, 0.29) is 24.1 Å². The Kier molecular flexibility index (Phi) is 3.94. The molecular weight excluding hydrogens is 250 g/mol. The first-order valence-corrected chi connectivity index (χ1v) is 6.17. The fourth-order valence-electron chi connectivity index (χ4n) is 2.49. The molecule has 7 heteroatoms. The molecule has 1 aliphatic rings. The molecule has 0 aliphatic heterocycles. The second kappa shape index (κ2) is 5.64. The molecule has 0 spiro atoms. The molecule has 1 aromatic heterocycles. The highest BCUT2D eigenvalue weighted by Gasteiger charge is 2.30. The molecule has 1 aromatic rings. The predicted molar refractivity (Wildman–Crippen MR) is 68.1 cm³/mol. The minimum absolute atomic E-state index is 0.0182. The SMILES string of the molecule is O=C(O)CN(c1ncccc1[N+](=O)[O-])C1CCCC1. The molecule has 7 nitrogen and oxygen atoms in total. The van der Waals surface area contributed by atoms with Gasteiger partial charge in [-0.3, -0.25) is 14.9 Å². The Morgan fingerprint density at radius 2 is 2.21 bits per heavy atom. The van der Waals surface area contributed by atoms with Gasteiger partial charge in [0, 0.05) is 18.3 Å². The monoisotopic (exact) mass is 265 g/mol. The molecule has 1 N–H and O–H groups in total. The lowest BCUT2D eigenvalue weighted by atomic mass is 10.2. The van der Waals surface area contributed by atoms with Crippen molar-refractivity contribution in [1.29, 1.82) is 0 Å². The third kappa shape index (κ3) is 2.98. The van der Waals surface area contributed by atoms with E-state index in [1.807, 2.05) is 0 Å². The minimum atomic E-state index is -1.01. The largest absolute Gasteiger partial charge is 0.480 e. The van der Waals surface area contributed by atoms with Crippen LogP contribution in [-0.2, 0) is 4.79 Å². The summed E-state index contributed by atoms with van der Waals surface area (Å²) in [4.78, 5) is 27.0. The number of carboxylic acid groups (broad SMARTS) is 1. The molecule has 0 atom stereocenters. The van der Waals surface area contributed by atoms with Crippen molar-refractivity contribution in [2.75, 3.05) is 11.4 Å². The van der Waals surface area contributed by atoms with Crippen molar-refractivity contribution >= 4 is 17.5 Å². The van der Waals surface area contributed by atoms with Crippen molar-refractivity contribution in [2.45, 2.75) is 31.7 Å². The fourth-order valence-corrected chi connectivity index (χ4v) is 2.49. The van der Waals surface area contributed by atoms with Gasteiger partial charge in [0.15, 0.2) is 0 Å². The van der Waals surface area contributed by atoms with Crippen LogP contribution in [-0.4, -0.2) is 33.6 Å². The van der Waals surface area contributed by atoms with Gasteiger partial charge in [-0.25, -0.2) is 4.98 Å². The zero-order valence-corrected chi connectivity index (χ0v) is 10.4. The summed E-state index contributed by atoms with van der Waals surface area (Å²) in [6.45, 7) is -0.261. The molecule has 0 amide bonds. The molecule has 102 valence electrons. The Balaban J connectivity index is 2.36. The summed E-state index contributed by atoms with van der Waals surface area (Å²) in [5.74, 6) is -0.853. The van der Waals surface area contributed by atoms with Crippen LogP contribution in [0.2, 0.25) is 0 Å². The van der Waals surface area contributed by atoms with Crippen LogP contribution >= 0.6 is 0 Å². The Labute approximate surface area is 110 Å². The molecule has 0 unspecified atom stereocenters. The summed E-state index contributed by atoms with van der Waals surface area (Å²) in [5, 5.41) is 20.0. The lowest BCUT2D eigenvalue weighted by Gasteiger charge is -2.27. The quantitative estimate of drug-likeness (QED) is 0.644. The number of hydrogen-bond donors (Lipinski definition) is 1. The highest BCUT2D eigenvalue weighted by Crippen LogP contribution is 2.32. The summed E-state index contributed by atoms with van der Waals surface area (Å²) >= 11 is 0. The number of carbonyl (C=O) groups is 1. The second-order valence-electron chi connectivity index (χ2n) is 4.56. The van der Waals surface area contributed by atoms with Gasteiger partial charge < -0.3 is 10.0 Å². The van der Waals surface area contributed by atoms with Gasteiger partial charge in [0.25, 0.3) is 0 Å². The fraction of sp³-hybridized carbons (Fsp3) is 0.500. The first-order chi connectivity index (χ1) is 9.09. The number of hydrogen-bond acceptors (Lipinski definition) is 5. The van der Waals surface area contributed by atoms with Crippen LogP contribution < -0.4 is 4.90 Å². The lowest BCUT2D eigenvalue weighted by molar-refractivity contribution is -0.384. The minimum Gasteiger partial charge on any atom is -0.480 e. The number of pyridine rings is 1. The number of rotatable bonds is 5. The zero-order chi connectivity index (χ0) is 13.8. The third-order valence-corrected chi connectivity index (χ3v) is 3.31. The molecule has 2 rings (SSSR count). The summed E-state index contributed by atoms with van der Waals surface area (Å²) in [6, 6.07) is 2.85. The maximum Gasteiger partial charge on any atom is 0.323 e. The van der Waals surface area contributed by atoms with Crippen molar-refractivity contribution in [1.82, 2.24) is 4.98 Å². The number of nitrogens with zero attached hydrogens (tertiary/aromatic N) is 3. The Morgan fingerprint density at radius 3 is 2.79 bits per heavy atom. The third-order valence-electron chi connectivity index (χ3n) is 3.31. The molecule has 1 aliphatic carbocycles. The number of carboxylic acids is 1. The van der Waals surface area contributed by atoms with Crippen molar-refractivity contribution in [3.63, 3.8) is 0 Å². The first kappa shape index (κ1) is 13.3. The standard InChI is InChI=1S/C12H15N3O4/c16-11(17)8-14(9-4-1-2-5-9)12-10(15(18)19)6-3-7-13-12/h3,6-7,9H,1-2,4-5,8H2,(H,16,17). The summed E-state index contributed by atoms with van der Waals surface area (Å²) in [6.07, 6.45) is 5.18. The van der Waals surface area contributed by atoms with Gasteiger partial charge in [-0.05, 0) is 18.9 Å². The van der Waals surface area contributed by atoms with Crippen LogP contribution in [0.5, 0.6) is 0 Å². The molecule has 19 heavy (non-hydrogen) atoms. The predicted octanol–water partition coefficient (Wildman–Crippen LogP) is 1.82. The Morgan fingerprint density at radius 1 is 1.53 bits per heavy atom. The second-order valence-corrected chi connectivity index (χ2v) is 4.56. The Bertz CT molecular complexity index is 486. The molecular formula is C12H15N3O4. The molecule has 0 aromatic carbocycles. The summed E-state index contributed by atoms with van der Waals surface area (Å²) in [5.41, 5.74) is -0.143. The van der Waals surface area contributed by atoms with Crippen LogP contribution in [0.25, 0.3) is 0 Å². The number of aliphatic carboxylic acids is 1. The topological polar surface area (TPSA) is 96.6 Å². The molecule has 1 fully saturated rings. The molecule has 0 radical (unpaired) electrons. The van der Waals surface area contributed by atoms with E-state index < -0.39 is 10.9 Å². The molecule has 0 saturated heterocycles. The highest BCUT2D eigenvalue weighted by molar-refractivity contribution is 5.75. The van der Waals surface area contributed by atoms with Crippen LogP contribution in [0.4, 0.5) is 11.5 Å². The van der Waals surface area contributed by atoms with Gasteiger partial charge in [-0.1, -0.05) is 12.8 Å². The average Bonchev–Trinajstić information content (AvgIpc) is 2.89. The van der Waals surface area contributed by atoms with Gasteiger partial charge >= 0.3 is 11.7 Å². The van der Waals surface area contributed by atoms with Gasteiger partial charge in [0.1, 0.15) is 6.54 Å². The number of anilines is 1. The van der Waals surface area contributed by atoms with E-state index in [1.54, 1.807) is 4.90 Å². The van der Waals surface area contributed by atoms with Crippen LogP contribution in [0.3, 0.4) is 0 Å². The van der Waals surface area contributed by atoms with Crippen molar-refractivity contribution in [2.24, 2.45) is 0 Å². The molecule has 0 bridgehead atoms. The van der Waals surface area contributed by atoms with Crippen molar-refractivity contribution in [3.8, 4) is 0 Å². The van der Waals surface area contributed by atoms with Crippen LogP contribution in [0, 0.1) is 10.1 Å². The van der Waals surface area contributed by atoms with Gasteiger partial charge in [-0.15, -0.1) is 0 Å². The van der Waals surface area contributed by atoms with E-state index in [4.69, 9.17) is 5.11 Å². The van der Waals surface area contributed by atoms with E-state index in [0.29, 0.717) is 0 Å². The van der Waals surface area contributed by atoms with Crippen molar-refractivity contribution in [3.05, 3.63) is 28.4 Å². The van der Waals surface area contributed by atoms with E-state index in [2.05, 4.69) is 4.98 Å². The molecule has 1 saturated carbocycles. The van der Waals surface area contributed by atoms with Gasteiger partial charge in [0.2, 0.25) is 5.82 Å². The smallest absolute Gasteiger partial charge is 0.323 e. The van der Waals surface area contributed by atoms with Crippen LogP contribution in [0.15, 0.2) is 18.3 Å². The van der Waals surface area contributed by atoms with E-state index in [0.717, 1.165) is 25.7 Å². The average molecular weight is 265 g/mol. The van der Waals surface area contributed by atoms with Crippen molar-refractivity contribution < 1.29 is 14.8 Å². The summed E-state index contributed by atoms with van der Waals surface area (Å²) in [7, 11) is 0. The molecule has 1 heterocycles. The van der Waals surface area contributed by atoms with Crippen LogP contribution in [0.1, 0.15) is 25.7 Å². The summed E-state index contributed by atoms with van der Waals surface area (Å²) < 4.78 is 0. The normalized spacial score (nSPS) is 15.4. The maximum atomic E-state index is 11.0. The lowest BCUT2D eigenvalue weighted by Crippen LogP contribution is -2.38. The van der Waals surface area contributed by atoms with Gasteiger partial charge in [0.05, 0.1) is 4.92 Å². The first-order valence-electron chi connectivity index (χ1n) is 6.17. The Hall–Kier alpha value is -2.18. The van der Waals surface area contributed by atoms with E-state index in [9.17, 15) is 14.9 Å².